The van der Waals surface area contributed by atoms with Crippen molar-refractivity contribution in [3.05, 3.63) is 24.0 Å². The predicted molar refractivity (Wildman–Crippen MR) is 73.3 cm³/mol. The third kappa shape index (κ3) is 3.67. The molecule has 5 nitrogen and oxygen atoms in total. The van der Waals surface area contributed by atoms with E-state index < -0.39 is 0 Å². The molecule has 0 bridgehead atoms. The number of carbonyl (C=O) groups excluding carboxylic acids is 1. The maximum Gasteiger partial charge on any atom is 0.309 e. The van der Waals surface area contributed by atoms with Crippen LogP contribution in [0.3, 0.4) is 0 Å². The molecule has 1 fully saturated rings. The van der Waals surface area contributed by atoms with Crippen molar-refractivity contribution < 1.29 is 9.53 Å². The van der Waals surface area contributed by atoms with E-state index in [0.29, 0.717) is 6.61 Å². The highest BCUT2D eigenvalue weighted by atomic mass is 16.5. The van der Waals surface area contributed by atoms with Gasteiger partial charge in [-0.1, -0.05) is 0 Å². The molecule has 1 saturated heterocycles. The molecule has 0 aromatic carbocycles. The number of ether oxygens (including phenoxy) is 1. The van der Waals surface area contributed by atoms with Crippen LogP contribution < -0.4 is 5.73 Å². The number of anilines is 1. The van der Waals surface area contributed by atoms with Crippen LogP contribution in [0.5, 0.6) is 0 Å². The summed E-state index contributed by atoms with van der Waals surface area (Å²) in [6.45, 7) is 4.95. The average molecular weight is 263 g/mol. The number of nitrogens with zero attached hydrogens (tertiary/aromatic N) is 2. The van der Waals surface area contributed by atoms with Gasteiger partial charge in [0.2, 0.25) is 0 Å². The lowest BCUT2D eigenvalue weighted by Gasteiger charge is -2.31. The van der Waals surface area contributed by atoms with E-state index in [9.17, 15) is 4.79 Å². The van der Waals surface area contributed by atoms with Gasteiger partial charge >= 0.3 is 5.97 Å². The molecule has 5 heteroatoms. The monoisotopic (exact) mass is 263 g/mol. The molecule has 0 amide bonds. The lowest BCUT2D eigenvalue weighted by atomic mass is 9.96. The Kier molecular flexibility index (Phi) is 4.74. The topological polar surface area (TPSA) is 68.5 Å². The number of hydrogen-bond donors (Lipinski definition) is 1. The van der Waals surface area contributed by atoms with Crippen LogP contribution in [0.25, 0.3) is 0 Å². The number of esters is 1. The molecule has 1 aromatic heterocycles. The number of carbonyl (C=O) groups is 1. The zero-order chi connectivity index (χ0) is 13.7. The van der Waals surface area contributed by atoms with Crippen LogP contribution in [0.4, 0.5) is 5.69 Å². The first-order valence-corrected chi connectivity index (χ1v) is 6.78. The van der Waals surface area contributed by atoms with Crippen molar-refractivity contribution in [1.29, 1.82) is 0 Å². The van der Waals surface area contributed by atoms with E-state index >= 15 is 0 Å². The highest BCUT2D eigenvalue weighted by Crippen LogP contribution is 2.21. The first kappa shape index (κ1) is 13.8. The molecule has 0 unspecified atom stereocenters. The van der Waals surface area contributed by atoms with E-state index in [1.54, 1.807) is 12.4 Å². The van der Waals surface area contributed by atoms with E-state index in [1.807, 2.05) is 13.0 Å². The Hall–Kier alpha value is -1.62. The van der Waals surface area contributed by atoms with E-state index in [0.717, 1.165) is 43.7 Å². The van der Waals surface area contributed by atoms with Crippen molar-refractivity contribution in [3.63, 3.8) is 0 Å². The van der Waals surface area contributed by atoms with Crippen LogP contribution in [0.15, 0.2) is 18.5 Å². The van der Waals surface area contributed by atoms with Gasteiger partial charge in [0, 0.05) is 12.7 Å². The van der Waals surface area contributed by atoms with Crippen molar-refractivity contribution in [2.45, 2.75) is 26.3 Å². The molecule has 0 aliphatic carbocycles. The Bertz CT molecular complexity index is 428. The fourth-order valence-corrected chi connectivity index (χ4v) is 2.41. The van der Waals surface area contributed by atoms with Gasteiger partial charge in [-0.3, -0.25) is 14.7 Å². The summed E-state index contributed by atoms with van der Waals surface area (Å²) < 4.78 is 5.07. The first-order chi connectivity index (χ1) is 9.20. The van der Waals surface area contributed by atoms with E-state index in [-0.39, 0.29) is 11.9 Å². The molecule has 1 aliphatic heterocycles. The molecule has 1 aromatic rings. The molecular weight excluding hydrogens is 242 g/mol. The lowest BCUT2D eigenvalue weighted by molar-refractivity contribution is -0.149. The zero-order valence-corrected chi connectivity index (χ0v) is 11.3. The Labute approximate surface area is 113 Å². The SMILES string of the molecule is CCOC(=O)C1CCN(Cc2ccncc2N)CC1. The molecule has 2 N–H and O–H groups in total. The highest BCUT2D eigenvalue weighted by Gasteiger charge is 2.25. The van der Waals surface area contributed by atoms with E-state index in [1.165, 1.54) is 0 Å². The Morgan fingerprint density at radius 1 is 1.53 bits per heavy atom. The van der Waals surface area contributed by atoms with Crippen LogP contribution >= 0.6 is 0 Å². The molecular formula is C14H21N3O2. The van der Waals surface area contributed by atoms with Crippen LogP contribution in [-0.2, 0) is 16.1 Å². The average Bonchev–Trinajstić information content (AvgIpc) is 2.42. The van der Waals surface area contributed by atoms with Crippen LogP contribution in [0, 0.1) is 5.92 Å². The Balaban J connectivity index is 1.84. The summed E-state index contributed by atoms with van der Waals surface area (Å²) in [6, 6.07) is 1.95. The molecule has 19 heavy (non-hydrogen) atoms. The Morgan fingerprint density at radius 2 is 2.26 bits per heavy atom. The van der Waals surface area contributed by atoms with Gasteiger partial charge in [0.05, 0.1) is 24.4 Å². The van der Waals surface area contributed by atoms with Crippen molar-refractivity contribution >= 4 is 11.7 Å². The normalized spacial score (nSPS) is 17.3. The minimum atomic E-state index is -0.0504. The summed E-state index contributed by atoms with van der Waals surface area (Å²) in [5, 5.41) is 0. The molecule has 0 saturated carbocycles. The minimum Gasteiger partial charge on any atom is -0.466 e. The summed E-state index contributed by atoms with van der Waals surface area (Å²) >= 11 is 0. The van der Waals surface area contributed by atoms with Gasteiger partial charge in [-0.05, 0) is 44.5 Å². The number of pyridine rings is 1. The number of piperidine rings is 1. The quantitative estimate of drug-likeness (QED) is 0.832. The number of nitrogens with two attached hydrogens (primary N) is 1. The van der Waals surface area contributed by atoms with Gasteiger partial charge in [0.15, 0.2) is 0 Å². The van der Waals surface area contributed by atoms with E-state index in [4.69, 9.17) is 10.5 Å². The summed E-state index contributed by atoms with van der Waals surface area (Å²) in [5.41, 5.74) is 7.72. The minimum absolute atomic E-state index is 0.0504. The van der Waals surface area contributed by atoms with E-state index in [2.05, 4.69) is 9.88 Å². The molecule has 0 radical (unpaired) electrons. The van der Waals surface area contributed by atoms with Crippen molar-refractivity contribution in [2.24, 2.45) is 5.92 Å². The third-order valence-corrected chi connectivity index (χ3v) is 3.55. The maximum atomic E-state index is 11.6. The van der Waals surface area contributed by atoms with Gasteiger partial charge in [0.1, 0.15) is 0 Å². The van der Waals surface area contributed by atoms with Gasteiger partial charge < -0.3 is 10.5 Å². The molecule has 2 heterocycles. The fourth-order valence-electron chi connectivity index (χ4n) is 2.41. The molecule has 2 rings (SSSR count). The van der Waals surface area contributed by atoms with Crippen molar-refractivity contribution in [1.82, 2.24) is 9.88 Å². The van der Waals surface area contributed by atoms with Crippen molar-refractivity contribution in [2.75, 3.05) is 25.4 Å². The second-order valence-electron chi connectivity index (χ2n) is 4.88. The number of aromatic nitrogens is 1. The summed E-state index contributed by atoms with van der Waals surface area (Å²) in [6.07, 6.45) is 5.17. The molecule has 0 spiro atoms. The standard InChI is InChI=1S/C14H21N3O2/c1-2-19-14(18)11-4-7-17(8-5-11)10-12-3-6-16-9-13(12)15/h3,6,9,11H,2,4-5,7-8,10,15H2,1H3. The largest absolute Gasteiger partial charge is 0.466 e. The Morgan fingerprint density at radius 3 is 2.89 bits per heavy atom. The maximum absolute atomic E-state index is 11.6. The van der Waals surface area contributed by atoms with Crippen LogP contribution in [0.2, 0.25) is 0 Å². The third-order valence-electron chi connectivity index (χ3n) is 3.55. The molecule has 0 atom stereocenters. The smallest absolute Gasteiger partial charge is 0.309 e. The first-order valence-electron chi connectivity index (χ1n) is 6.78. The van der Waals surface area contributed by atoms with Gasteiger partial charge in [-0.25, -0.2) is 0 Å². The lowest BCUT2D eigenvalue weighted by Crippen LogP contribution is -2.36. The summed E-state index contributed by atoms with van der Waals surface area (Å²) in [7, 11) is 0. The summed E-state index contributed by atoms with van der Waals surface area (Å²) in [4.78, 5) is 18.0. The van der Waals surface area contributed by atoms with Crippen molar-refractivity contribution in [3.8, 4) is 0 Å². The number of likely N-dealkylation sites (tertiary alicyclic amines) is 1. The number of nitrogen functional groups attached to an aromatic ring is 1. The number of rotatable bonds is 4. The predicted octanol–water partition coefficient (Wildman–Crippen LogP) is 1.44. The van der Waals surface area contributed by atoms with Crippen LogP contribution in [-0.4, -0.2) is 35.5 Å². The number of hydrogen-bond acceptors (Lipinski definition) is 5. The fraction of sp³-hybridized carbons (Fsp3) is 0.571. The second-order valence-corrected chi connectivity index (χ2v) is 4.88. The highest BCUT2D eigenvalue weighted by molar-refractivity contribution is 5.72. The second kappa shape index (κ2) is 6.52. The molecule has 1 aliphatic rings. The van der Waals surface area contributed by atoms with Gasteiger partial charge in [0.25, 0.3) is 0 Å². The molecule has 104 valence electrons. The van der Waals surface area contributed by atoms with Gasteiger partial charge in [-0.2, -0.15) is 0 Å². The zero-order valence-electron chi connectivity index (χ0n) is 11.3. The van der Waals surface area contributed by atoms with Crippen LogP contribution in [0.1, 0.15) is 25.3 Å². The van der Waals surface area contributed by atoms with Gasteiger partial charge in [-0.15, -0.1) is 0 Å². The summed E-state index contributed by atoms with van der Waals surface area (Å²) in [5.74, 6) is 0.0107.